The van der Waals surface area contributed by atoms with Crippen LogP contribution in [0.25, 0.3) is 10.8 Å². The Bertz CT molecular complexity index is 701. The fourth-order valence-electron chi connectivity index (χ4n) is 2.07. The fourth-order valence-corrected chi connectivity index (χ4v) is 3.79. The Morgan fingerprint density at radius 2 is 1.80 bits per heavy atom. The minimum atomic E-state index is -3.60. The number of sulfonamides is 1. The summed E-state index contributed by atoms with van der Waals surface area (Å²) in [5, 5.41) is 1.62. The van der Waals surface area contributed by atoms with Crippen LogP contribution in [0.4, 0.5) is 0 Å². The Labute approximate surface area is 120 Å². The van der Waals surface area contributed by atoms with Gasteiger partial charge in [-0.3, -0.25) is 0 Å². The molecule has 0 aliphatic rings. The molecule has 1 unspecified atom stereocenters. The lowest BCUT2D eigenvalue weighted by atomic mass is 10.0. The first-order valence-corrected chi connectivity index (χ1v) is 8.12. The van der Waals surface area contributed by atoms with E-state index >= 15 is 0 Å². The van der Waals surface area contributed by atoms with Gasteiger partial charge in [-0.15, -0.1) is 0 Å². The topological polar surface area (TPSA) is 72.2 Å². The maximum absolute atomic E-state index is 12.6. The quantitative estimate of drug-likeness (QED) is 0.887. The maximum Gasteiger partial charge on any atom is 0.241 e. The standard InChI is InChI=1S/C15H20N2O2S/c1-3-15(2,11-16)17-20(18,19)14-10-6-8-12-7-4-5-9-13(12)14/h4-10,17H,3,11,16H2,1-2H3. The van der Waals surface area contributed by atoms with E-state index in [9.17, 15) is 8.42 Å². The van der Waals surface area contributed by atoms with Gasteiger partial charge in [0.1, 0.15) is 0 Å². The van der Waals surface area contributed by atoms with Crippen LogP contribution in [-0.4, -0.2) is 20.5 Å². The molecule has 2 aromatic rings. The van der Waals surface area contributed by atoms with Gasteiger partial charge in [0.2, 0.25) is 10.0 Å². The predicted molar refractivity (Wildman–Crippen MR) is 82.0 cm³/mol. The van der Waals surface area contributed by atoms with Crippen molar-refractivity contribution in [3.05, 3.63) is 42.5 Å². The van der Waals surface area contributed by atoms with E-state index in [0.29, 0.717) is 11.3 Å². The summed E-state index contributed by atoms with van der Waals surface area (Å²) in [7, 11) is -3.60. The van der Waals surface area contributed by atoms with E-state index in [0.717, 1.165) is 10.8 Å². The molecule has 0 amide bonds. The van der Waals surface area contributed by atoms with Crippen molar-refractivity contribution in [3.63, 3.8) is 0 Å². The van der Waals surface area contributed by atoms with Gasteiger partial charge in [-0.2, -0.15) is 0 Å². The summed E-state index contributed by atoms with van der Waals surface area (Å²) in [5.41, 5.74) is 5.06. The van der Waals surface area contributed by atoms with Crippen molar-refractivity contribution in [2.75, 3.05) is 6.54 Å². The van der Waals surface area contributed by atoms with Gasteiger partial charge in [0, 0.05) is 17.5 Å². The Balaban J connectivity index is 2.53. The van der Waals surface area contributed by atoms with Crippen LogP contribution in [0.3, 0.4) is 0 Å². The molecule has 4 nitrogen and oxygen atoms in total. The van der Waals surface area contributed by atoms with Crippen molar-refractivity contribution in [1.29, 1.82) is 0 Å². The zero-order valence-corrected chi connectivity index (χ0v) is 12.6. The molecule has 20 heavy (non-hydrogen) atoms. The Morgan fingerprint density at radius 1 is 1.15 bits per heavy atom. The van der Waals surface area contributed by atoms with Gasteiger partial charge < -0.3 is 5.73 Å². The fraction of sp³-hybridized carbons (Fsp3) is 0.333. The van der Waals surface area contributed by atoms with E-state index < -0.39 is 15.6 Å². The molecule has 0 bridgehead atoms. The van der Waals surface area contributed by atoms with Crippen LogP contribution < -0.4 is 10.5 Å². The summed E-state index contributed by atoms with van der Waals surface area (Å²) in [5.74, 6) is 0. The molecule has 3 N–H and O–H groups in total. The third-order valence-electron chi connectivity index (χ3n) is 3.65. The summed E-state index contributed by atoms with van der Waals surface area (Å²) in [6, 6.07) is 12.7. The van der Waals surface area contributed by atoms with Gasteiger partial charge in [-0.1, -0.05) is 43.3 Å². The van der Waals surface area contributed by atoms with Crippen LogP contribution in [0.2, 0.25) is 0 Å². The van der Waals surface area contributed by atoms with Crippen molar-refractivity contribution in [1.82, 2.24) is 4.72 Å². The smallest absolute Gasteiger partial charge is 0.241 e. The number of nitrogens with one attached hydrogen (secondary N) is 1. The van der Waals surface area contributed by atoms with Gasteiger partial charge in [-0.05, 0) is 24.8 Å². The van der Waals surface area contributed by atoms with Crippen molar-refractivity contribution in [2.45, 2.75) is 30.7 Å². The van der Waals surface area contributed by atoms with Gasteiger partial charge in [0.05, 0.1) is 4.90 Å². The number of hydrogen-bond acceptors (Lipinski definition) is 3. The Hall–Kier alpha value is -1.43. The van der Waals surface area contributed by atoms with E-state index in [2.05, 4.69) is 4.72 Å². The van der Waals surface area contributed by atoms with Crippen LogP contribution >= 0.6 is 0 Å². The van der Waals surface area contributed by atoms with Crippen molar-refractivity contribution in [2.24, 2.45) is 5.73 Å². The normalized spacial score (nSPS) is 15.2. The Morgan fingerprint density at radius 3 is 2.45 bits per heavy atom. The van der Waals surface area contributed by atoms with Crippen LogP contribution in [0.1, 0.15) is 20.3 Å². The molecule has 2 aromatic carbocycles. The first kappa shape index (κ1) is 15.0. The summed E-state index contributed by atoms with van der Waals surface area (Å²) < 4.78 is 28.0. The minimum absolute atomic E-state index is 0.257. The van der Waals surface area contributed by atoms with E-state index in [1.54, 1.807) is 12.1 Å². The lowest BCUT2D eigenvalue weighted by molar-refractivity contribution is 0.411. The van der Waals surface area contributed by atoms with Crippen LogP contribution in [0.5, 0.6) is 0 Å². The van der Waals surface area contributed by atoms with Crippen LogP contribution in [0.15, 0.2) is 47.4 Å². The van der Waals surface area contributed by atoms with Gasteiger partial charge in [0.15, 0.2) is 0 Å². The molecule has 0 aliphatic carbocycles. The SMILES string of the molecule is CCC(C)(CN)NS(=O)(=O)c1cccc2ccccc12. The molecule has 5 heteroatoms. The largest absolute Gasteiger partial charge is 0.329 e. The molecule has 1 atom stereocenters. The second-order valence-electron chi connectivity index (χ2n) is 5.20. The molecule has 108 valence electrons. The highest BCUT2D eigenvalue weighted by molar-refractivity contribution is 7.89. The predicted octanol–water partition coefficient (Wildman–Crippen LogP) is 2.25. The Kier molecular flexibility index (Phi) is 4.13. The maximum atomic E-state index is 12.6. The second kappa shape index (κ2) is 5.52. The van der Waals surface area contributed by atoms with Crippen molar-refractivity contribution in [3.8, 4) is 0 Å². The highest BCUT2D eigenvalue weighted by Gasteiger charge is 2.28. The molecule has 0 aliphatic heterocycles. The van der Waals surface area contributed by atoms with E-state index in [1.165, 1.54) is 0 Å². The van der Waals surface area contributed by atoms with E-state index in [4.69, 9.17) is 5.73 Å². The zero-order chi connectivity index (χ0) is 14.8. The van der Waals surface area contributed by atoms with Crippen molar-refractivity contribution >= 4 is 20.8 Å². The number of rotatable bonds is 5. The second-order valence-corrected chi connectivity index (χ2v) is 6.85. The first-order valence-electron chi connectivity index (χ1n) is 6.64. The molecule has 0 radical (unpaired) electrons. The third-order valence-corrected chi connectivity index (χ3v) is 5.35. The summed E-state index contributed by atoms with van der Waals surface area (Å²) in [6.45, 7) is 3.99. The summed E-state index contributed by atoms with van der Waals surface area (Å²) >= 11 is 0. The number of nitrogens with two attached hydrogens (primary N) is 1. The van der Waals surface area contributed by atoms with E-state index in [-0.39, 0.29) is 6.54 Å². The average Bonchev–Trinajstić information content (AvgIpc) is 2.46. The van der Waals surface area contributed by atoms with Crippen molar-refractivity contribution < 1.29 is 8.42 Å². The molecule has 0 heterocycles. The highest BCUT2D eigenvalue weighted by Crippen LogP contribution is 2.24. The van der Waals surface area contributed by atoms with Crippen LogP contribution in [0, 0.1) is 0 Å². The average molecular weight is 292 g/mol. The number of hydrogen-bond donors (Lipinski definition) is 2. The molecule has 0 aromatic heterocycles. The molecule has 0 saturated heterocycles. The van der Waals surface area contributed by atoms with Gasteiger partial charge in [0.25, 0.3) is 0 Å². The van der Waals surface area contributed by atoms with E-state index in [1.807, 2.05) is 44.2 Å². The monoisotopic (exact) mass is 292 g/mol. The highest BCUT2D eigenvalue weighted by atomic mass is 32.2. The number of benzene rings is 2. The minimum Gasteiger partial charge on any atom is -0.329 e. The lowest BCUT2D eigenvalue weighted by Gasteiger charge is -2.27. The molecular weight excluding hydrogens is 272 g/mol. The lowest BCUT2D eigenvalue weighted by Crippen LogP contribution is -2.50. The third kappa shape index (κ3) is 2.85. The summed E-state index contributed by atoms with van der Waals surface area (Å²) in [6.07, 6.45) is 0.632. The first-order chi connectivity index (χ1) is 9.42. The molecule has 0 saturated carbocycles. The summed E-state index contributed by atoms with van der Waals surface area (Å²) in [4.78, 5) is 0.295. The number of fused-ring (bicyclic) bond motifs is 1. The molecule has 2 rings (SSSR count). The molecule has 0 fully saturated rings. The van der Waals surface area contributed by atoms with Gasteiger partial charge >= 0.3 is 0 Å². The molecular formula is C15H20N2O2S. The van der Waals surface area contributed by atoms with Gasteiger partial charge in [-0.25, -0.2) is 13.1 Å². The van der Waals surface area contributed by atoms with Crippen LogP contribution in [-0.2, 0) is 10.0 Å². The zero-order valence-electron chi connectivity index (χ0n) is 11.8. The molecule has 0 spiro atoms.